The van der Waals surface area contributed by atoms with Crippen molar-refractivity contribution in [1.82, 2.24) is 4.90 Å². The summed E-state index contributed by atoms with van der Waals surface area (Å²) in [5.74, 6) is 0.279. The van der Waals surface area contributed by atoms with Crippen LogP contribution in [-0.4, -0.2) is 41.7 Å². The van der Waals surface area contributed by atoms with Crippen molar-refractivity contribution in [2.75, 3.05) is 30.7 Å². The molecule has 116 valence electrons. The van der Waals surface area contributed by atoms with Gasteiger partial charge in [-0.05, 0) is 44.0 Å². The molecule has 1 aliphatic heterocycles. The second-order valence-electron chi connectivity index (χ2n) is 5.62. The minimum Gasteiger partial charge on any atom is -0.397 e. The van der Waals surface area contributed by atoms with Crippen molar-refractivity contribution >= 4 is 28.9 Å². The van der Waals surface area contributed by atoms with E-state index in [0.717, 1.165) is 19.5 Å². The molecule has 1 amide bonds. The number of hydrogen-bond acceptors (Lipinski definition) is 4. The predicted octanol–water partition coefficient (Wildman–Crippen LogP) is 1.95. The quantitative estimate of drug-likeness (QED) is 0.726. The molecule has 1 heterocycles. The summed E-state index contributed by atoms with van der Waals surface area (Å²) in [6, 6.07) is 5.05. The smallest absolute Gasteiger partial charge is 0.225 e. The molecule has 2 rings (SSSR count). The summed E-state index contributed by atoms with van der Waals surface area (Å²) in [5, 5.41) is 12.9. The second-order valence-corrected chi connectivity index (χ2v) is 6.03. The molecular weight excluding hydrogens is 290 g/mol. The Balaban J connectivity index is 1.76. The first-order chi connectivity index (χ1) is 9.95. The zero-order valence-electron chi connectivity index (χ0n) is 12.2. The van der Waals surface area contributed by atoms with Crippen LogP contribution < -0.4 is 11.1 Å². The van der Waals surface area contributed by atoms with Crippen LogP contribution in [0.4, 0.5) is 11.4 Å². The zero-order valence-corrected chi connectivity index (χ0v) is 12.9. The number of hydrogen-bond donors (Lipinski definition) is 3. The average Bonchev–Trinajstić information content (AvgIpc) is 2.90. The number of rotatable bonds is 5. The summed E-state index contributed by atoms with van der Waals surface area (Å²) in [6.07, 6.45) is 1.14. The number of halogens is 1. The molecule has 1 aliphatic rings. The molecule has 2 unspecified atom stereocenters. The van der Waals surface area contributed by atoms with Crippen LogP contribution in [0.25, 0.3) is 0 Å². The van der Waals surface area contributed by atoms with E-state index >= 15 is 0 Å². The minimum atomic E-state index is -0.277. The van der Waals surface area contributed by atoms with Gasteiger partial charge >= 0.3 is 0 Å². The van der Waals surface area contributed by atoms with Crippen molar-refractivity contribution < 1.29 is 9.90 Å². The van der Waals surface area contributed by atoms with Gasteiger partial charge in [0, 0.05) is 25.2 Å². The van der Waals surface area contributed by atoms with Crippen LogP contribution in [0, 0.1) is 5.92 Å². The number of carbonyl (C=O) groups is 1. The van der Waals surface area contributed by atoms with Gasteiger partial charge in [-0.15, -0.1) is 0 Å². The third-order valence-electron chi connectivity index (χ3n) is 3.93. The van der Waals surface area contributed by atoms with E-state index in [1.54, 1.807) is 18.2 Å². The fraction of sp³-hybridized carbons (Fsp3) is 0.533. The molecule has 0 radical (unpaired) electrons. The van der Waals surface area contributed by atoms with Gasteiger partial charge < -0.3 is 21.1 Å². The van der Waals surface area contributed by atoms with E-state index in [-0.39, 0.29) is 12.0 Å². The Morgan fingerprint density at radius 3 is 3.00 bits per heavy atom. The molecule has 1 aromatic carbocycles. The number of amides is 1. The van der Waals surface area contributed by atoms with Gasteiger partial charge in [0.15, 0.2) is 0 Å². The number of carbonyl (C=O) groups excluding carboxylic acids is 1. The van der Waals surface area contributed by atoms with Gasteiger partial charge in [0.25, 0.3) is 0 Å². The number of likely N-dealkylation sites (tertiary alicyclic amines) is 1. The number of nitrogen functional groups attached to an aromatic ring is 1. The van der Waals surface area contributed by atoms with E-state index in [1.165, 1.54) is 0 Å². The van der Waals surface area contributed by atoms with Gasteiger partial charge in [0.1, 0.15) is 0 Å². The van der Waals surface area contributed by atoms with Crippen molar-refractivity contribution in [2.45, 2.75) is 25.9 Å². The van der Waals surface area contributed by atoms with Gasteiger partial charge in [0.2, 0.25) is 5.91 Å². The highest BCUT2D eigenvalue weighted by Crippen LogP contribution is 2.23. The van der Waals surface area contributed by atoms with E-state index in [2.05, 4.69) is 10.2 Å². The van der Waals surface area contributed by atoms with Gasteiger partial charge in [0.05, 0.1) is 16.8 Å². The van der Waals surface area contributed by atoms with Crippen molar-refractivity contribution in [3.05, 3.63) is 23.2 Å². The highest BCUT2D eigenvalue weighted by atomic mass is 35.5. The molecule has 5 nitrogen and oxygen atoms in total. The summed E-state index contributed by atoms with van der Waals surface area (Å²) < 4.78 is 0. The maximum Gasteiger partial charge on any atom is 0.225 e. The van der Waals surface area contributed by atoms with Crippen LogP contribution in [-0.2, 0) is 4.79 Å². The lowest BCUT2D eigenvalue weighted by Crippen LogP contribution is -2.27. The van der Waals surface area contributed by atoms with Crippen LogP contribution in [0.1, 0.15) is 19.8 Å². The molecule has 21 heavy (non-hydrogen) atoms. The summed E-state index contributed by atoms with van der Waals surface area (Å²) >= 11 is 5.84. The normalized spacial score (nSPS) is 20.4. The molecule has 6 heteroatoms. The van der Waals surface area contributed by atoms with Crippen LogP contribution in [0.5, 0.6) is 0 Å². The molecule has 0 saturated carbocycles. The van der Waals surface area contributed by atoms with Crippen LogP contribution in [0.2, 0.25) is 5.02 Å². The van der Waals surface area contributed by atoms with Crippen molar-refractivity contribution in [3.63, 3.8) is 0 Å². The van der Waals surface area contributed by atoms with E-state index in [1.807, 2.05) is 6.92 Å². The summed E-state index contributed by atoms with van der Waals surface area (Å²) in [4.78, 5) is 14.1. The Bertz CT molecular complexity index is 508. The fourth-order valence-electron chi connectivity index (χ4n) is 2.56. The van der Waals surface area contributed by atoms with E-state index in [9.17, 15) is 9.90 Å². The summed E-state index contributed by atoms with van der Waals surface area (Å²) in [6.45, 7) is 4.33. The molecule has 4 N–H and O–H groups in total. The maximum absolute atomic E-state index is 11.9. The average molecular weight is 312 g/mol. The van der Waals surface area contributed by atoms with Gasteiger partial charge in [-0.1, -0.05) is 11.6 Å². The highest BCUT2D eigenvalue weighted by Gasteiger charge is 2.25. The summed E-state index contributed by atoms with van der Waals surface area (Å²) in [5.41, 5.74) is 6.81. The van der Waals surface area contributed by atoms with Crippen LogP contribution in [0.3, 0.4) is 0 Å². The monoisotopic (exact) mass is 311 g/mol. The predicted molar refractivity (Wildman–Crippen MR) is 85.3 cm³/mol. The molecule has 0 aliphatic carbocycles. The lowest BCUT2D eigenvalue weighted by molar-refractivity contribution is -0.116. The number of aliphatic hydroxyl groups is 1. The van der Waals surface area contributed by atoms with Crippen LogP contribution >= 0.6 is 11.6 Å². The van der Waals surface area contributed by atoms with Gasteiger partial charge in [-0.25, -0.2) is 0 Å². The van der Waals surface area contributed by atoms with Crippen LogP contribution in [0.15, 0.2) is 18.2 Å². The maximum atomic E-state index is 11.9. The largest absolute Gasteiger partial charge is 0.397 e. The van der Waals surface area contributed by atoms with Gasteiger partial charge in [-0.2, -0.15) is 0 Å². The molecule has 0 bridgehead atoms. The molecule has 1 fully saturated rings. The number of benzene rings is 1. The van der Waals surface area contributed by atoms with Gasteiger partial charge in [-0.3, -0.25) is 4.79 Å². The molecule has 1 aromatic rings. The van der Waals surface area contributed by atoms with E-state index in [0.29, 0.717) is 35.3 Å². The Labute approximate surface area is 130 Å². The molecular formula is C15H22ClN3O2. The molecule has 0 spiro atoms. The third-order valence-corrected chi connectivity index (χ3v) is 4.27. The number of nitrogens with two attached hydrogens (primary N) is 1. The SMILES string of the molecule is CC(O)C1CCN(CCC(=O)Nc2ccc(Cl)c(N)c2)C1. The number of nitrogens with one attached hydrogen (secondary N) is 1. The van der Waals surface area contributed by atoms with Crippen molar-refractivity contribution in [3.8, 4) is 0 Å². The topological polar surface area (TPSA) is 78.6 Å². The van der Waals surface area contributed by atoms with E-state index < -0.39 is 0 Å². The first-order valence-electron chi connectivity index (χ1n) is 7.21. The van der Waals surface area contributed by atoms with Crippen molar-refractivity contribution in [2.24, 2.45) is 5.92 Å². The highest BCUT2D eigenvalue weighted by molar-refractivity contribution is 6.33. The summed E-state index contributed by atoms with van der Waals surface area (Å²) in [7, 11) is 0. The number of nitrogens with zero attached hydrogens (tertiary/aromatic N) is 1. The Kier molecular flexibility index (Phi) is 5.45. The second kappa shape index (κ2) is 7.11. The molecule has 2 atom stereocenters. The molecule has 0 aromatic heterocycles. The van der Waals surface area contributed by atoms with Crippen molar-refractivity contribution in [1.29, 1.82) is 0 Å². The fourth-order valence-corrected chi connectivity index (χ4v) is 2.68. The standard InChI is InChI=1S/C15H22ClN3O2/c1-10(20)11-4-6-19(9-11)7-5-15(21)18-12-2-3-13(16)14(17)8-12/h2-3,8,10-11,20H,4-7,9,17H2,1H3,(H,18,21). The lowest BCUT2D eigenvalue weighted by Gasteiger charge is -2.17. The minimum absolute atomic E-state index is 0.0442. The Morgan fingerprint density at radius 1 is 1.62 bits per heavy atom. The zero-order chi connectivity index (χ0) is 15.4. The Morgan fingerprint density at radius 2 is 2.38 bits per heavy atom. The Hall–Kier alpha value is -1.30. The lowest BCUT2D eigenvalue weighted by atomic mass is 10.0. The first kappa shape index (κ1) is 16.1. The first-order valence-corrected chi connectivity index (χ1v) is 7.59. The number of aliphatic hydroxyl groups excluding tert-OH is 1. The molecule has 1 saturated heterocycles. The number of anilines is 2. The third kappa shape index (κ3) is 4.59. The van der Waals surface area contributed by atoms with E-state index in [4.69, 9.17) is 17.3 Å².